The number of anilines is 1. The third-order valence-electron chi connectivity index (χ3n) is 5.74. The molecule has 4 aromatic rings. The summed E-state index contributed by atoms with van der Waals surface area (Å²) in [5, 5.41) is 2.89. The van der Waals surface area contributed by atoms with Gasteiger partial charge in [-0.1, -0.05) is 42.5 Å². The van der Waals surface area contributed by atoms with E-state index in [1.807, 2.05) is 67.7 Å². The van der Waals surface area contributed by atoms with Crippen LogP contribution in [0.2, 0.25) is 0 Å². The van der Waals surface area contributed by atoms with Crippen LogP contribution in [0.15, 0.2) is 97.7 Å². The van der Waals surface area contributed by atoms with E-state index < -0.39 is 0 Å². The molecule has 8 nitrogen and oxygen atoms in total. The molecule has 0 fully saturated rings. The molecule has 3 aromatic carbocycles. The van der Waals surface area contributed by atoms with E-state index in [2.05, 4.69) is 11.9 Å². The third kappa shape index (κ3) is 6.28. The molecule has 38 heavy (non-hydrogen) atoms. The van der Waals surface area contributed by atoms with Gasteiger partial charge in [0.15, 0.2) is 0 Å². The molecule has 0 spiro atoms. The van der Waals surface area contributed by atoms with Gasteiger partial charge in [-0.2, -0.15) is 0 Å². The summed E-state index contributed by atoms with van der Waals surface area (Å²) in [4.78, 5) is 32.4. The van der Waals surface area contributed by atoms with Gasteiger partial charge < -0.3 is 14.4 Å². The number of amides is 2. The van der Waals surface area contributed by atoms with E-state index in [1.165, 1.54) is 4.90 Å². The minimum Gasteiger partial charge on any atom is -0.497 e. The number of nitrogens with zero attached hydrogens (tertiary/aromatic N) is 3. The standard InChI is InChI=1S/C30H30N4O4/c1-4-18-33(29(36)23-14-16-25(37-3)17-15-23)21-28(35)32-30-31-27(22-10-7-6-8-11-22)20-34(30)24-12-9-13-26(19-24)38-5-2/h4,6-17,19-20H,1,5,18,21H2,2-3H3,(H,31,32,35). The molecule has 0 aliphatic rings. The second-order valence-electron chi connectivity index (χ2n) is 8.37. The fourth-order valence-corrected chi connectivity index (χ4v) is 3.93. The van der Waals surface area contributed by atoms with Gasteiger partial charge in [-0.3, -0.25) is 19.5 Å². The van der Waals surface area contributed by atoms with Crippen molar-refractivity contribution in [2.75, 3.05) is 32.1 Å². The molecule has 194 valence electrons. The average molecular weight is 511 g/mol. The first kappa shape index (κ1) is 26.2. The van der Waals surface area contributed by atoms with Crippen LogP contribution in [0.25, 0.3) is 16.9 Å². The minimum atomic E-state index is -0.388. The summed E-state index contributed by atoms with van der Waals surface area (Å²) in [5.74, 6) is 1.00. The highest BCUT2D eigenvalue weighted by Crippen LogP contribution is 2.26. The Morgan fingerprint density at radius 3 is 2.47 bits per heavy atom. The maximum Gasteiger partial charge on any atom is 0.254 e. The summed E-state index contributed by atoms with van der Waals surface area (Å²) >= 11 is 0. The molecule has 0 saturated heterocycles. The van der Waals surface area contributed by atoms with Gasteiger partial charge in [0.1, 0.15) is 18.0 Å². The third-order valence-corrected chi connectivity index (χ3v) is 5.74. The number of aromatic nitrogens is 2. The molecule has 0 saturated carbocycles. The summed E-state index contributed by atoms with van der Waals surface area (Å²) < 4.78 is 12.6. The maximum absolute atomic E-state index is 13.2. The van der Waals surface area contributed by atoms with Crippen LogP contribution >= 0.6 is 0 Å². The number of ether oxygens (including phenoxy) is 2. The Balaban J connectivity index is 1.60. The van der Waals surface area contributed by atoms with E-state index in [4.69, 9.17) is 14.5 Å². The zero-order chi connectivity index (χ0) is 26.9. The zero-order valence-corrected chi connectivity index (χ0v) is 21.5. The van der Waals surface area contributed by atoms with Crippen LogP contribution in [0, 0.1) is 0 Å². The first-order valence-corrected chi connectivity index (χ1v) is 12.2. The number of nitrogens with one attached hydrogen (secondary N) is 1. The van der Waals surface area contributed by atoms with Crippen LogP contribution in [0.3, 0.4) is 0 Å². The Morgan fingerprint density at radius 2 is 1.79 bits per heavy atom. The minimum absolute atomic E-state index is 0.177. The molecule has 1 heterocycles. The lowest BCUT2D eigenvalue weighted by Crippen LogP contribution is -2.38. The van der Waals surface area contributed by atoms with Crippen molar-refractivity contribution in [1.82, 2.24) is 14.5 Å². The summed E-state index contributed by atoms with van der Waals surface area (Å²) in [6, 6.07) is 24.0. The van der Waals surface area contributed by atoms with Gasteiger partial charge >= 0.3 is 0 Å². The van der Waals surface area contributed by atoms with Gasteiger partial charge in [0.05, 0.1) is 25.1 Å². The van der Waals surface area contributed by atoms with E-state index >= 15 is 0 Å². The second-order valence-corrected chi connectivity index (χ2v) is 8.37. The van der Waals surface area contributed by atoms with Crippen LogP contribution in [-0.2, 0) is 4.79 Å². The Labute approximate surface area is 222 Å². The molecule has 0 radical (unpaired) electrons. The van der Waals surface area contributed by atoms with Crippen LogP contribution in [0.5, 0.6) is 11.5 Å². The first-order valence-electron chi connectivity index (χ1n) is 12.2. The predicted octanol–water partition coefficient (Wildman–Crippen LogP) is 5.21. The largest absolute Gasteiger partial charge is 0.497 e. The van der Waals surface area contributed by atoms with Gasteiger partial charge in [0.25, 0.3) is 5.91 Å². The van der Waals surface area contributed by atoms with E-state index in [9.17, 15) is 9.59 Å². The summed E-state index contributed by atoms with van der Waals surface area (Å²) in [7, 11) is 1.56. The van der Waals surface area contributed by atoms with Crippen LogP contribution in [0.1, 0.15) is 17.3 Å². The van der Waals surface area contributed by atoms with Crippen molar-refractivity contribution in [2.24, 2.45) is 0 Å². The van der Waals surface area contributed by atoms with E-state index in [1.54, 1.807) is 42.0 Å². The average Bonchev–Trinajstić information content (AvgIpc) is 3.37. The highest BCUT2D eigenvalue weighted by molar-refractivity contribution is 5.99. The zero-order valence-electron chi connectivity index (χ0n) is 21.5. The lowest BCUT2D eigenvalue weighted by molar-refractivity contribution is -0.116. The molecule has 0 bridgehead atoms. The number of carbonyl (C=O) groups excluding carboxylic acids is 2. The van der Waals surface area contributed by atoms with Crippen molar-refractivity contribution >= 4 is 17.8 Å². The molecular formula is C30H30N4O4. The number of rotatable bonds is 11. The fraction of sp³-hybridized carbons (Fsp3) is 0.167. The summed E-state index contributed by atoms with van der Waals surface area (Å²) in [5.41, 5.74) is 2.82. The smallest absolute Gasteiger partial charge is 0.254 e. The van der Waals surface area contributed by atoms with E-state index in [0.717, 1.165) is 11.3 Å². The molecule has 2 amide bonds. The van der Waals surface area contributed by atoms with Gasteiger partial charge in [-0.15, -0.1) is 6.58 Å². The summed E-state index contributed by atoms with van der Waals surface area (Å²) in [6.45, 7) is 6.22. The van der Waals surface area contributed by atoms with Gasteiger partial charge in [-0.25, -0.2) is 4.98 Å². The molecular weight excluding hydrogens is 480 g/mol. The molecule has 0 unspecified atom stereocenters. The molecule has 0 atom stereocenters. The van der Waals surface area contributed by atoms with E-state index in [0.29, 0.717) is 35.3 Å². The highest BCUT2D eigenvalue weighted by Gasteiger charge is 2.20. The first-order chi connectivity index (χ1) is 18.5. The maximum atomic E-state index is 13.2. The number of carbonyl (C=O) groups is 2. The number of benzene rings is 3. The normalized spacial score (nSPS) is 10.5. The molecule has 1 N–H and O–H groups in total. The molecule has 4 rings (SSSR count). The summed E-state index contributed by atoms with van der Waals surface area (Å²) in [6.07, 6.45) is 3.45. The highest BCUT2D eigenvalue weighted by atomic mass is 16.5. The molecule has 0 aliphatic carbocycles. The van der Waals surface area contributed by atoms with Crippen LogP contribution < -0.4 is 14.8 Å². The molecule has 0 aliphatic heterocycles. The fourth-order valence-electron chi connectivity index (χ4n) is 3.93. The second kappa shape index (κ2) is 12.4. The molecule has 8 heteroatoms. The Hall–Kier alpha value is -4.85. The quantitative estimate of drug-likeness (QED) is 0.280. The number of methoxy groups -OCH3 is 1. The Morgan fingerprint density at radius 1 is 1.03 bits per heavy atom. The predicted molar refractivity (Wildman–Crippen MR) is 148 cm³/mol. The van der Waals surface area contributed by atoms with Gasteiger partial charge in [0, 0.05) is 29.9 Å². The molecule has 1 aromatic heterocycles. The number of hydrogen-bond donors (Lipinski definition) is 1. The van der Waals surface area contributed by atoms with Crippen molar-refractivity contribution in [3.8, 4) is 28.4 Å². The van der Waals surface area contributed by atoms with Crippen molar-refractivity contribution in [1.29, 1.82) is 0 Å². The SMILES string of the molecule is C=CCN(CC(=O)Nc1nc(-c2ccccc2)cn1-c1cccc(OCC)c1)C(=O)c1ccc(OC)cc1. The van der Waals surface area contributed by atoms with Gasteiger partial charge in [-0.05, 0) is 43.3 Å². The van der Waals surface area contributed by atoms with Crippen LogP contribution in [0.4, 0.5) is 5.95 Å². The van der Waals surface area contributed by atoms with Crippen LogP contribution in [-0.4, -0.2) is 53.1 Å². The number of imidazole rings is 1. The van der Waals surface area contributed by atoms with Gasteiger partial charge in [0.2, 0.25) is 11.9 Å². The van der Waals surface area contributed by atoms with Crippen molar-refractivity contribution in [3.05, 3.63) is 103 Å². The van der Waals surface area contributed by atoms with E-state index in [-0.39, 0.29) is 24.9 Å². The lowest BCUT2D eigenvalue weighted by Gasteiger charge is -2.21. The van der Waals surface area contributed by atoms with Crippen molar-refractivity contribution in [3.63, 3.8) is 0 Å². The number of hydrogen-bond acceptors (Lipinski definition) is 5. The monoisotopic (exact) mass is 510 g/mol. The lowest BCUT2D eigenvalue weighted by atomic mass is 10.2. The topological polar surface area (TPSA) is 85.7 Å². The Kier molecular flexibility index (Phi) is 8.56. The van der Waals surface area contributed by atoms with Crippen molar-refractivity contribution in [2.45, 2.75) is 6.92 Å². The van der Waals surface area contributed by atoms with Crippen molar-refractivity contribution < 1.29 is 19.1 Å². The Bertz CT molecular complexity index is 1400.